The van der Waals surface area contributed by atoms with Gasteiger partial charge in [0.25, 0.3) is 0 Å². The van der Waals surface area contributed by atoms with Gasteiger partial charge in [0.1, 0.15) is 5.82 Å². The summed E-state index contributed by atoms with van der Waals surface area (Å²) in [7, 11) is 0. The van der Waals surface area contributed by atoms with E-state index in [1.807, 2.05) is 73.7 Å². The highest BCUT2D eigenvalue weighted by Gasteiger charge is 2.21. The zero-order valence-corrected chi connectivity index (χ0v) is 19.2. The number of para-hydroxylation sites is 1. The summed E-state index contributed by atoms with van der Waals surface area (Å²) in [5, 5.41) is 7.72. The normalized spacial score (nSPS) is 13.7. The minimum atomic E-state index is -0.220. The van der Waals surface area contributed by atoms with Crippen LogP contribution in [0.2, 0.25) is 0 Å². The Labute approximate surface area is 195 Å². The third-order valence-electron chi connectivity index (χ3n) is 6.36. The van der Waals surface area contributed by atoms with Crippen LogP contribution >= 0.6 is 0 Å². The van der Waals surface area contributed by atoms with Gasteiger partial charge in [-0.25, -0.2) is 4.68 Å². The largest absolute Gasteiger partial charge is 0.334 e. The molecule has 2 aromatic carbocycles. The first kappa shape index (κ1) is 22.8. The van der Waals surface area contributed by atoms with Crippen LogP contribution in [0, 0.1) is 5.92 Å². The lowest BCUT2D eigenvalue weighted by molar-refractivity contribution is -0.134. The molecular weight excluding hydrogens is 412 g/mol. The van der Waals surface area contributed by atoms with Crippen molar-refractivity contribution < 1.29 is 9.59 Å². The van der Waals surface area contributed by atoms with E-state index in [-0.39, 0.29) is 18.4 Å². The summed E-state index contributed by atoms with van der Waals surface area (Å²) in [4.78, 5) is 27.3. The smallest absolute Gasteiger partial charge is 0.245 e. The van der Waals surface area contributed by atoms with Crippen LogP contribution in [0.1, 0.15) is 45.4 Å². The second-order valence-electron chi connectivity index (χ2n) is 8.67. The van der Waals surface area contributed by atoms with Crippen LogP contribution in [0.5, 0.6) is 0 Å². The molecule has 0 atom stereocenters. The van der Waals surface area contributed by atoms with Gasteiger partial charge in [0.05, 0.1) is 17.9 Å². The lowest BCUT2D eigenvalue weighted by atomic mass is 10.0. The fourth-order valence-electron chi connectivity index (χ4n) is 4.50. The quantitative estimate of drug-likeness (QED) is 0.487. The number of hydrogen-bond acceptors (Lipinski definition) is 3. The molecule has 6 heteroatoms. The van der Waals surface area contributed by atoms with E-state index in [0.717, 1.165) is 23.4 Å². The average Bonchev–Trinajstić information content (AvgIpc) is 3.52. The Hall–Kier alpha value is -3.41. The number of amides is 2. The van der Waals surface area contributed by atoms with E-state index in [4.69, 9.17) is 5.10 Å². The number of aromatic nitrogens is 2. The van der Waals surface area contributed by atoms with E-state index >= 15 is 0 Å². The third kappa shape index (κ3) is 5.89. The zero-order chi connectivity index (χ0) is 23.0. The highest BCUT2D eigenvalue weighted by atomic mass is 16.2. The lowest BCUT2D eigenvalue weighted by Gasteiger charge is -2.21. The van der Waals surface area contributed by atoms with Crippen LogP contribution in [-0.2, 0) is 9.59 Å². The van der Waals surface area contributed by atoms with Crippen LogP contribution in [0.15, 0.2) is 66.7 Å². The summed E-state index contributed by atoms with van der Waals surface area (Å²) in [5.41, 5.74) is 2.60. The summed E-state index contributed by atoms with van der Waals surface area (Å²) in [5.74, 6) is 1.08. The minimum Gasteiger partial charge on any atom is -0.334 e. The van der Waals surface area contributed by atoms with E-state index in [1.54, 1.807) is 9.58 Å². The number of carbonyl (C=O) groups excluding carboxylic acids is 2. The zero-order valence-electron chi connectivity index (χ0n) is 19.2. The van der Waals surface area contributed by atoms with Crippen molar-refractivity contribution in [3.8, 4) is 16.9 Å². The molecule has 0 bridgehead atoms. The molecule has 33 heavy (non-hydrogen) atoms. The highest BCUT2D eigenvalue weighted by molar-refractivity contribution is 5.94. The molecule has 6 nitrogen and oxygen atoms in total. The maximum Gasteiger partial charge on any atom is 0.245 e. The predicted octanol–water partition coefficient (Wildman–Crippen LogP) is 5.30. The molecule has 1 heterocycles. The molecular formula is C27H32N4O2. The Bertz CT molecular complexity index is 1060. The number of nitrogens with one attached hydrogen (secondary N) is 1. The molecule has 1 aliphatic carbocycles. The maximum absolute atomic E-state index is 12.9. The van der Waals surface area contributed by atoms with Gasteiger partial charge in [-0.2, -0.15) is 5.10 Å². The van der Waals surface area contributed by atoms with Crippen LogP contribution in [0.25, 0.3) is 16.9 Å². The summed E-state index contributed by atoms with van der Waals surface area (Å²) < 4.78 is 1.73. The minimum absolute atomic E-state index is 0.0423. The first-order valence-electron chi connectivity index (χ1n) is 11.9. The fraction of sp³-hybridized carbons (Fsp3) is 0.370. The van der Waals surface area contributed by atoms with Crippen molar-refractivity contribution in [2.75, 3.05) is 18.4 Å². The molecule has 0 radical (unpaired) electrons. The van der Waals surface area contributed by atoms with Crippen molar-refractivity contribution in [2.24, 2.45) is 5.92 Å². The molecule has 0 spiro atoms. The van der Waals surface area contributed by atoms with Crippen molar-refractivity contribution in [2.45, 2.75) is 45.4 Å². The number of benzene rings is 2. The van der Waals surface area contributed by atoms with Crippen molar-refractivity contribution in [3.63, 3.8) is 0 Å². The monoisotopic (exact) mass is 444 g/mol. The van der Waals surface area contributed by atoms with Gasteiger partial charge >= 0.3 is 0 Å². The standard InChI is InChI=1S/C27H32N4O2/c1-2-30(27(33)18-17-21-11-9-10-12-21)20-26(32)28-25-19-24(22-13-5-3-6-14-22)29-31(25)23-15-7-4-8-16-23/h3-8,13-16,19,21H,2,9-12,17-18,20H2,1H3,(H,28,32). The van der Waals surface area contributed by atoms with Crippen molar-refractivity contribution in [1.82, 2.24) is 14.7 Å². The molecule has 0 unspecified atom stereocenters. The Balaban J connectivity index is 1.46. The summed E-state index contributed by atoms with van der Waals surface area (Å²) >= 11 is 0. The van der Waals surface area contributed by atoms with Crippen LogP contribution in [0.3, 0.4) is 0 Å². The topological polar surface area (TPSA) is 67.2 Å². The van der Waals surface area contributed by atoms with Gasteiger partial charge in [0.2, 0.25) is 11.8 Å². The number of hydrogen-bond donors (Lipinski definition) is 1. The number of likely N-dealkylation sites (N-methyl/N-ethyl adjacent to an activating group) is 1. The van der Waals surface area contributed by atoms with Crippen molar-refractivity contribution in [1.29, 1.82) is 0 Å². The van der Waals surface area contributed by atoms with E-state index in [2.05, 4.69) is 5.32 Å². The number of rotatable bonds is 9. The molecule has 1 N–H and O–H groups in total. The third-order valence-corrected chi connectivity index (χ3v) is 6.36. The van der Waals surface area contributed by atoms with Gasteiger partial charge in [0, 0.05) is 24.6 Å². The molecule has 3 aromatic rings. The van der Waals surface area contributed by atoms with Gasteiger partial charge in [-0.1, -0.05) is 74.2 Å². The van der Waals surface area contributed by atoms with Crippen molar-refractivity contribution in [3.05, 3.63) is 66.7 Å². The number of nitrogens with zero attached hydrogens (tertiary/aromatic N) is 3. The Kier molecular flexibility index (Phi) is 7.55. The van der Waals surface area contributed by atoms with Crippen molar-refractivity contribution >= 4 is 17.6 Å². The summed E-state index contributed by atoms with van der Waals surface area (Å²) in [6.45, 7) is 2.48. The lowest BCUT2D eigenvalue weighted by Crippen LogP contribution is -2.38. The molecule has 1 aliphatic rings. The Morgan fingerprint density at radius 1 is 1.03 bits per heavy atom. The van der Waals surface area contributed by atoms with E-state index in [1.165, 1.54) is 25.7 Å². The van der Waals surface area contributed by atoms with Gasteiger partial charge in [-0.3, -0.25) is 9.59 Å². The van der Waals surface area contributed by atoms with Crippen LogP contribution in [-0.4, -0.2) is 39.6 Å². The molecule has 2 amide bonds. The maximum atomic E-state index is 12.9. The first-order valence-corrected chi connectivity index (χ1v) is 11.9. The van der Waals surface area contributed by atoms with E-state index in [0.29, 0.717) is 24.7 Å². The molecule has 172 valence electrons. The average molecular weight is 445 g/mol. The first-order chi connectivity index (χ1) is 16.1. The Morgan fingerprint density at radius 3 is 2.36 bits per heavy atom. The number of carbonyl (C=O) groups is 2. The SMILES string of the molecule is CCN(CC(=O)Nc1cc(-c2ccccc2)nn1-c1ccccc1)C(=O)CCC1CCCC1. The van der Waals surface area contributed by atoms with Gasteiger partial charge in [-0.15, -0.1) is 0 Å². The second-order valence-corrected chi connectivity index (χ2v) is 8.67. The van der Waals surface area contributed by atoms with Gasteiger partial charge < -0.3 is 10.2 Å². The van der Waals surface area contributed by atoms with Gasteiger partial charge in [0.15, 0.2) is 0 Å². The highest BCUT2D eigenvalue weighted by Crippen LogP contribution is 2.29. The second kappa shape index (κ2) is 10.9. The van der Waals surface area contributed by atoms with Gasteiger partial charge in [-0.05, 0) is 31.4 Å². The molecule has 0 aliphatic heterocycles. The molecule has 1 saturated carbocycles. The predicted molar refractivity (Wildman–Crippen MR) is 131 cm³/mol. The summed E-state index contributed by atoms with van der Waals surface area (Å²) in [6, 6.07) is 21.5. The molecule has 0 saturated heterocycles. The number of anilines is 1. The molecule has 1 fully saturated rings. The Morgan fingerprint density at radius 2 is 1.70 bits per heavy atom. The molecule has 1 aromatic heterocycles. The molecule has 4 rings (SSSR count). The fourth-order valence-corrected chi connectivity index (χ4v) is 4.50. The van der Waals surface area contributed by atoms with E-state index in [9.17, 15) is 9.59 Å². The summed E-state index contributed by atoms with van der Waals surface area (Å²) in [6.07, 6.45) is 6.46. The van der Waals surface area contributed by atoms with Crippen LogP contribution in [0.4, 0.5) is 5.82 Å². The van der Waals surface area contributed by atoms with E-state index < -0.39 is 0 Å². The van der Waals surface area contributed by atoms with Crippen LogP contribution < -0.4 is 5.32 Å².